The largest absolute Gasteiger partial charge is 0.507 e. The molecular weight excluding hydrogens is 380 g/mol. The van der Waals surface area contributed by atoms with Gasteiger partial charge in [-0.15, -0.1) is 0 Å². The normalized spacial score (nSPS) is 16.9. The summed E-state index contributed by atoms with van der Waals surface area (Å²) in [5.41, 5.74) is 5.82. The molecule has 0 saturated carbocycles. The van der Waals surface area contributed by atoms with Gasteiger partial charge in [-0.2, -0.15) is 0 Å². The van der Waals surface area contributed by atoms with Gasteiger partial charge in [0.1, 0.15) is 11.8 Å². The van der Waals surface area contributed by atoms with Gasteiger partial charge in [-0.05, 0) is 54.4 Å². The topological polar surface area (TPSA) is 27.9 Å². The molecule has 0 unspecified atom stereocenters. The van der Waals surface area contributed by atoms with E-state index in [0.29, 0.717) is 11.8 Å². The summed E-state index contributed by atoms with van der Waals surface area (Å²) < 4.78 is 0. The Morgan fingerprint density at radius 1 is 0.774 bits per heavy atom. The van der Waals surface area contributed by atoms with E-state index in [2.05, 4.69) is 96.9 Å². The molecule has 2 aromatic carbocycles. The van der Waals surface area contributed by atoms with Crippen molar-refractivity contribution in [3.05, 3.63) is 58.7 Å². The Balaban J connectivity index is 2.20. The van der Waals surface area contributed by atoms with E-state index in [-0.39, 0.29) is 10.8 Å². The number of hydrogen-bond acceptors (Lipinski definition) is 2. The van der Waals surface area contributed by atoms with Gasteiger partial charge in [0.15, 0.2) is 0 Å². The predicted molar refractivity (Wildman–Crippen MR) is 133 cm³/mol. The van der Waals surface area contributed by atoms with Gasteiger partial charge in [-0.1, -0.05) is 53.7 Å². The summed E-state index contributed by atoms with van der Waals surface area (Å²) in [6.07, 6.45) is 3.92. The Morgan fingerprint density at radius 3 is 1.68 bits per heavy atom. The molecule has 0 spiro atoms. The van der Waals surface area contributed by atoms with Gasteiger partial charge in [-0.25, -0.2) is 0 Å². The Bertz CT molecular complexity index is 844. The van der Waals surface area contributed by atoms with Crippen molar-refractivity contribution in [1.29, 1.82) is 0 Å². The summed E-state index contributed by atoms with van der Waals surface area (Å²) in [6.45, 7) is 15.6. The quantitative estimate of drug-likeness (QED) is 0.706. The van der Waals surface area contributed by atoms with Crippen LogP contribution in [0.4, 0.5) is 5.69 Å². The lowest BCUT2D eigenvalue weighted by molar-refractivity contribution is -0.930. The third kappa shape index (κ3) is 5.26. The van der Waals surface area contributed by atoms with E-state index in [0.717, 1.165) is 11.1 Å². The van der Waals surface area contributed by atoms with Crippen LogP contribution < -0.4 is 9.80 Å². The van der Waals surface area contributed by atoms with Crippen LogP contribution in [0.25, 0.3) is 0 Å². The monoisotopic (exact) mass is 423 g/mol. The van der Waals surface area contributed by atoms with Gasteiger partial charge >= 0.3 is 0 Å². The van der Waals surface area contributed by atoms with Crippen LogP contribution >= 0.6 is 0 Å². The number of rotatable bonds is 4. The Hall–Kier alpha value is -2.00. The molecular formula is C28H43N2O+. The first-order valence-electron chi connectivity index (χ1n) is 11.9. The van der Waals surface area contributed by atoms with Gasteiger partial charge in [0.05, 0.1) is 13.1 Å². The molecule has 1 heterocycles. The zero-order valence-corrected chi connectivity index (χ0v) is 21.0. The molecule has 31 heavy (non-hydrogen) atoms. The fourth-order valence-corrected chi connectivity index (χ4v) is 4.89. The van der Waals surface area contributed by atoms with E-state index >= 15 is 0 Å². The Kier molecular flexibility index (Phi) is 6.76. The average Bonchev–Trinajstić information content (AvgIpc) is 2.68. The molecule has 0 amide bonds. The fourth-order valence-electron chi connectivity index (χ4n) is 4.89. The number of quaternary nitrogens is 1. The highest BCUT2D eigenvalue weighted by Crippen LogP contribution is 2.41. The minimum absolute atomic E-state index is 0.114. The highest BCUT2D eigenvalue weighted by Gasteiger charge is 2.33. The van der Waals surface area contributed by atoms with Crippen molar-refractivity contribution in [2.75, 3.05) is 32.1 Å². The number of phenolic OH excluding ortho intramolecular Hbond substituents is 1. The third-order valence-electron chi connectivity index (χ3n) is 6.73. The van der Waals surface area contributed by atoms with Crippen molar-refractivity contribution in [2.24, 2.45) is 0 Å². The van der Waals surface area contributed by atoms with Gasteiger partial charge in [0.2, 0.25) is 0 Å². The minimum Gasteiger partial charge on any atom is -0.507 e. The number of benzene rings is 2. The van der Waals surface area contributed by atoms with Crippen LogP contribution in [0.2, 0.25) is 0 Å². The zero-order chi connectivity index (χ0) is 23.0. The van der Waals surface area contributed by atoms with E-state index in [4.69, 9.17) is 0 Å². The van der Waals surface area contributed by atoms with Crippen molar-refractivity contribution in [3.63, 3.8) is 0 Å². The van der Waals surface area contributed by atoms with Crippen LogP contribution in [0.1, 0.15) is 89.1 Å². The molecule has 0 bridgehead atoms. The maximum absolute atomic E-state index is 11.2. The predicted octanol–water partition coefficient (Wildman–Crippen LogP) is 5.21. The molecule has 1 atom stereocenters. The van der Waals surface area contributed by atoms with Gasteiger partial charge in [0.25, 0.3) is 0 Å². The SMILES string of the molecule is CN(C)c1ccc([C@H](c2cc(C(C)(C)C)c(O)c(C(C)(C)C)c2)[NH+]2CCCCC2)cc1. The third-order valence-corrected chi connectivity index (χ3v) is 6.73. The number of likely N-dealkylation sites (tertiary alicyclic amines) is 1. The second-order valence-electron chi connectivity index (χ2n) is 11.6. The number of piperidine rings is 1. The standard InChI is InChI=1S/C28H42N2O/c1-27(2,3)23-18-21(19-24(26(23)31)28(4,5)6)25(30-16-10-9-11-17-30)20-12-14-22(15-13-20)29(7)8/h12-15,18-19,25,31H,9-11,16-17H2,1-8H3/p+1/t25-/m1/s1. The van der Waals surface area contributed by atoms with E-state index in [1.54, 1.807) is 4.90 Å². The van der Waals surface area contributed by atoms with Crippen molar-refractivity contribution < 1.29 is 10.0 Å². The molecule has 3 heteroatoms. The van der Waals surface area contributed by atoms with Crippen LogP contribution in [0.15, 0.2) is 36.4 Å². The lowest BCUT2D eigenvalue weighted by atomic mass is 9.77. The molecule has 1 saturated heterocycles. The summed E-state index contributed by atoms with van der Waals surface area (Å²) in [5.74, 6) is 0.471. The molecule has 0 aromatic heterocycles. The molecule has 0 radical (unpaired) electrons. The number of aromatic hydroxyl groups is 1. The molecule has 1 aliphatic rings. The first-order valence-corrected chi connectivity index (χ1v) is 11.9. The minimum atomic E-state index is -0.114. The fraction of sp³-hybridized carbons (Fsp3) is 0.571. The lowest BCUT2D eigenvalue weighted by Gasteiger charge is -2.35. The van der Waals surface area contributed by atoms with E-state index in [9.17, 15) is 5.11 Å². The first kappa shape index (κ1) is 23.7. The number of hydrogen-bond donors (Lipinski definition) is 2. The summed E-state index contributed by atoms with van der Waals surface area (Å²) >= 11 is 0. The molecule has 0 aliphatic carbocycles. The number of phenols is 1. The molecule has 2 aromatic rings. The highest BCUT2D eigenvalue weighted by molar-refractivity contribution is 5.52. The van der Waals surface area contributed by atoms with Crippen LogP contribution in [0, 0.1) is 0 Å². The van der Waals surface area contributed by atoms with E-state index in [1.165, 1.54) is 49.2 Å². The van der Waals surface area contributed by atoms with E-state index in [1.807, 2.05) is 0 Å². The van der Waals surface area contributed by atoms with Crippen LogP contribution in [0.5, 0.6) is 5.75 Å². The van der Waals surface area contributed by atoms with Gasteiger partial charge < -0.3 is 14.9 Å². The second-order valence-corrected chi connectivity index (χ2v) is 11.6. The molecule has 3 rings (SSSR count). The molecule has 2 N–H and O–H groups in total. The summed E-state index contributed by atoms with van der Waals surface area (Å²) in [5, 5.41) is 11.2. The van der Waals surface area contributed by atoms with Gasteiger partial charge in [0, 0.05) is 42.0 Å². The molecule has 3 nitrogen and oxygen atoms in total. The average molecular weight is 424 g/mol. The molecule has 170 valence electrons. The smallest absolute Gasteiger partial charge is 0.139 e. The maximum Gasteiger partial charge on any atom is 0.139 e. The van der Waals surface area contributed by atoms with E-state index < -0.39 is 0 Å². The summed E-state index contributed by atoms with van der Waals surface area (Å²) in [7, 11) is 4.18. The first-order chi connectivity index (χ1) is 14.4. The van der Waals surface area contributed by atoms with Crippen molar-refractivity contribution in [3.8, 4) is 5.75 Å². The number of nitrogens with one attached hydrogen (secondary N) is 1. The van der Waals surface area contributed by atoms with Gasteiger partial charge in [-0.3, -0.25) is 0 Å². The van der Waals surface area contributed by atoms with Crippen molar-refractivity contribution >= 4 is 5.69 Å². The van der Waals surface area contributed by atoms with Crippen molar-refractivity contribution in [1.82, 2.24) is 0 Å². The Labute approximate surface area is 190 Å². The van der Waals surface area contributed by atoms with Crippen LogP contribution in [-0.2, 0) is 10.8 Å². The van der Waals surface area contributed by atoms with Crippen LogP contribution in [-0.4, -0.2) is 32.3 Å². The summed E-state index contributed by atoms with van der Waals surface area (Å²) in [4.78, 5) is 3.80. The number of anilines is 1. The molecule has 1 fully saturated rings. The maximum atomic E-state index is 11.2. The lowest BCUT2D eigenvalue weighted by Crippen LogP contribution is -3.13. The Morgan fingerprint density at radius 2 is 1.26 bits per heavy atom. The zero-order valence-electron chi connectivity index (χ0n) is 21.0. The van der Waals surface area contributed by atoms with Crippen LogP contribution in [0.3, 0.4) is 0 Å². The second kappa shape index (κ2) is 8.86. The number of nitrogens with zero attached hydrogens (tertiary/aromatic N) is 1. The summed E-state index contributed by atoms with van der Waals surface area (Å²) in [6, 6.07) is 14.0. The highest BCUT2D eigenvalue weighted by atomic mass is 16.3. The van der Waals surface area contributed by atoms with Crippen molar-refractivity contribution in [2.45, 2.75) is 77.7 Å². The molecule has 1 aliphatic heterocycles.